The number of ether oxygens (including phenoxy) is 1. The van der Waals surface area contributed by atoms with Gasteiger partial charge in [0.25, 0.3) is 5.91 Å². The lowest BCUT2D eigenvalue weighted by Gasteiger charge is -2.23. The molecule has 3 amide bonds. The minimum Gasteiger partial charge on any atom is -0.452 e. The minimum atomic E-state index is -1.03. The molecule has 0 bridgehead atoms. The minimum absolute atomic E-state index is 0.0686. The third-order valence-corrected chi connectivity index (χ3v) is 4.64. The summed E-state index contributed by atoms with van der Waals surface area (Å²) in [5, 5.41) is 5.02. The fraction of sp³-hybridized carbons (Fsp3) is 0.500. The average molecular weight is 411 g/mol. The first-order valence-electron chi connectivity index (χ1n) is 8.49. The van der Waals surface area contributed by atoms with Crippen LogP contribution in [-0.2, 0) is 20.7 Å². The summed E-state index contributed by atoms with van der Waals surface area (Å²) in [6.07, 6.45) is 4.26. The zero-order valence-corrected chi connectivity index (χ0v) is 15.8. The molecule has 1 atom stereocenters. The van der Waals surface area contributed by atoms with Crippen molar-refractivity contribution in [2.24, 2.45) is 0 Å². The van der Waals surface area contributed by atoms with Gasteiger partial charge in [-0.25, -0.2) is 4.79 Å². The first kappa shape index (κ1) is 19.4. The zero-order valence-electron chi connectivity index (χ0n) is 14.2. The summed E-state index contributed by atoms with van der Waals surface area (Å²) in [5.41, 5.74) is 0.788. The largest absolute Gasteiger partial charge is 0.452 e. The van der Waals surface area contributed by atoms with Crippen LogP contribution in [0.4, 0.5) is 4.79 Å². The van der Waals surface area contributed by atoms with Crippen LogP contribution in [0.15, 0.2) is 28.7 Å². The predicted octanol–water partition coefficient (Wildman–Crippen LogP) is 3.08. The second-order valence-corrected chi connectivity index (χ2v) is 7.15. The molecule has 0 radical (unpaired) electrons. The lowest BCUT2D eigenvalue weighted by molar-refractivity contribution is -0.153. The number of halogens is 1. The van der Waals surface area contributed by atoms with Gasteiger partial charge in [0, 0.05) is 10.5 Å². The van der Waals surface area contributed by atoms with E-state index in [1.807, 2.05) is 12.1 Å². The number of hydrogen-bond acceptors (Lipinski definition) is 4. The van der Waals surface area contributed by atoms with E-state index in [0.29, 0.717) is 0 Å². The Morgan fingerprint density at radius 1 is 1.16 bits per heavy atom. The standard InChI is InChI=1S/C18H23BrN2O4/c1-12(25-16(22)11-13-7-9-14(19)10-8-13)17(23)21-18(24)20-15-5-3-2-4-6-15/h7-10,12,15H,2-6,11H2,1H3,(H2,20,21,23,24)/t12-/m0/s1. The molecule has 0 aromatic heterocycles. The smallest absolute Gasteiger partial charge is 0.321 e. The van der Waals surface area contributed by atoms with Gasteiger partial charge in [0.15, 0.2) is 6.10 Å². The number of nitrogens with one attached hydrogen (secondary N) is 2. The number of imide groups is 1. The van der Waals surface area contributed by atoms with Crippen molar-refractivity contribution in [3.63, 3.8) is 0 Å². The topological polar surface area (TPSA) is 84.5 Å². The number of urea groups is 1. The average Bonchev–Trinajstić information content (AvgIpc) is 2.57. The van der Waals surface area contributed by atoms with Crippen molar-refractivity contribution in [2.45, 2.75) is 57.6 Å². The summed E-state index contributed by atoms with van der Waals surface area (Å²) >= 11 is 3.32. The molecule has 1 aliphatic rings. The highest BCUT2D eigenvalue weighted by molar-refractivity contribution is 9.10. The molecule has 1 saturated carbocycles. The van der Waals surface area contributed by atoms with Crippen LogP contribution in [0.2, 0.25) is 0 Å². The summed E-state index contributed by atoms with van der Waals surface area (Å²) in [5.74, 6) is -1.14. The van der Waals surface area contributed by atoms with E-state index in [1.54, 1.807) is 12.1 Å². The molecule has 0 spiro atoms. The molecule has 0 saturated heterocycles. The van der Waals surface area contributed by atoms with E-state index in [2.05, 4.69) is 26.6 Å². The summed E-state index contributed by atoms with van der Waals surface area (Å²) in [4.78, 5) is 35.7. The Hall–Kier alpha value is -1.89. The second kappa shape index (κ2) is 9.56. The molecule has 136 valence electrons. The maximum atomic E-state index is 12.0. The van der Waals surface area contributed by atoms with Gasteiger partial charge in [-0.3, -0.25) is 14.9 Å². The van der Waals surface area contributed by atoms with E-state index in [9.17, 15) is 14.4 Å². The van der Waals surface area contributed by atoms with Crippen molar-refractivity contribution >= 4 is 33.8 Å². The number of esters is 1. The molecule has 0 aliphatic heterocycles. The summed E-state index contributed by atoms with van der Waals surface area (Å²) < 4.78 is 6.01. The van der Waals surface area contributed by atoms with Gasteiger partial charge in [-0.15, -0.1) is 0 Å². The number of benzene rings is 1. The molecule has 1 aliphatic carbocycles. The van der Waals surface area contributed by atoms with Crippen molar-refractivity contribution in [2.75, 3.05) is 0 Å². The summed E-state index contributed by atoms with van der Waals surface area (Å²) in [6.45, 7) is 1.45. The maximum Gasteiger partial charge on any atom is 0.321 e. The van der Waals surface area contributed by atoms with Gasteiger partial charge in [-0.05, 0) is 37.5 Å². The fourth-order valence-corrected chi connectivity index (χ4v) is 3.01. The van der Waals surface area contributed by atoms with Crippen LogP contribution in [0.1, 0.15) is 44.6 Å². The molecule has 0 heterocycles. The van der Waals surface area contributed by atoms with Gasteiger partial charge in [-0.2, -0.15) is 0 Å². The van der Waals surface area contributed by atoms with Gasteiger partial charge < -0.3 is 10.1 Å². The first-order valence-corrected chi connectivity index (χ1v) is 9.28. The van der Waals surface area contributed by atoms with Crippen molar-refractivity contribution in [1.29, 1.82) is 0 Å². The van der Waals surface area contributed by atoms with Gasteiger partial charge in [0.05, 0.1) is 6.42 Å². The van der Waals surface area contributed by atoms with Gasteiger partial charge in [0.1, 0.15) is 0 Å². The number of rotatable bonds is 5. The molecule has 2 N–H and O–H groups in total. The van der Waals surface area contributed by atoms with Crippen molar-refractivity contribution in [1.82, 2.24) is 10.6 Å². The number of carbonyl (C=O) groups excluding carboxylic acids is 3. The number of carbonyl (C=O) groups is 3. The Labute approximate surface area is 155 Å². The maximum absolute atomic E-state index is 12.0. The van der Waals surface area contributed by atoms with Crippen LogP contribution in [0.5, 0.6) is 0 Å². The van der Waals surface area contributed by atoms with Crippen molar-refractivity contribution < 1.29 is 19.1 Å². The Morgan fingerprint density at radius 3 is 2.44 bits per heavy atom. The zero-order chi connectivity index (χ0) is 18.2. The molecular formula is C18H23BrN2O4. The van der Waals surface area contributed by atoms with Gasteiger partial charge in [0.2, 0.25) is 0 Å². The third-order valence-electron chi connectivity index (χ3n) is 4.12. The van der Waals surface area contributed by atoms with Crippen molar-refractivity contribution in [3.8, 4) is 0 Å². The Bertz CT molecular complexity index is 612. The molecule has 0 unspecified atom stereocenters. The van der Waals surface area contributed by atoms with Crippen LogP contribution in [0.25, 0.3) is 0 Å². The van der Waals surface area contributed by atoms with E-state index < -0.39 is 24.0 Å². The van der Waals surface area contributed by atoms with E-state index >= 15 is 0 Å². The molecular weight excluding hydrogens is 388 g/mol. The Morgan fingerprint density at radius 2 is 1.80 bits per heavy atom. The van der Waals surface area contributed by atoms with E-state index in [4.69, 9.17) is 4.74 Å². The lowest BCUT2D eigenvalue weighted by Crippen LogP contribution is -2.48. The number of hydrogen-bond donors (Lipinski definition) is 2. The SMILES string of the molecule is C[C@H](OC(=O)Cc1ccc(Br)cc1)C(=O)NC(=O)NC1CCCCC1. The monoisotopic (exact) mass is 410 g/mol. The van der Waals surface area contributed by atoms with Crippen LogP contribution >= 0.6 is 15.9 Å². The summed E-state index contributed by atoms with van der Waals surface area (Å²) in [7, 11) is 0. The number of amides is 3. The highest BCUT2D eigenvalue weighted by atomic mass is 79.9. The molecule has 1 fully saturated rings. The van der Waals surface area contributed by atoms with E-state index in [0.717, 1.165) is 35.7 Å². The van der Waals surface area contributed by atoms with Crippen LogP contribution < -0.4 is 10.6 Å². The van der Waals surface area contributed by atoms with Gasteiger partial charge >= 0.3 is 12.0 Å². The molecule has 25 heavy (non-hydrogen) atoms. The lowest BCUT2D eigenvalue weighted by atomic mass is 9.96. The quantitative estimate of drug-likeness (QED) is 0.730. The molecule has 6 nitrogen and oxygen atoms in total. The predicted molar refractivity (Wildman–Crippen MR) is 96.9 cm³/mol. The van der Waals surface area contributed by atoms with E-state index in [1.165, 1.54) is 13.3 Å². The van der Waals surface area contributed by atoms with Crippen LogP contribution in [0, 0.1) is 0 Å². The van der Waals surface area contributed by atoms with Gasteiger partial charge in [-0.1, -0.05) is 47.3 Å². The second-order valence-electron chi connectivity index (χ2n) is 6.23. The van der Waals surface area contributed by atoms with Crippen LogP contribution in [-0.4, -0.2) is 30.1 Å². The Kier molecular flexibility index (Phi) is 7.43. The molecule has 1 aromatic rings. The highest BCUT2D eigenvalue weighted by Crippen LogP contribution is 2.17. The fourth-order valence-electron chi connectivity index (χ4n) is 2.74. The van der Waals surface area contributed by atoms with E-state index in [-0.39, 0.29) is 12.5 Å². The van der Waals surface area contributed by atoms with Crippen molar-refractivity contribution in [3.05, 3.63) is 34.3 Å². The van der Waals surface area contributed by atoms with Crippen LogP contribution in [0.3, 0.4) is 0 Å². The summed E-state index contributed by atoms with van der Waals surface area (Å²) in [6, 6.07) is 6.83. The molecule has 1 aromatic carbocycles. The molecule has 2 rings (SSSR count). The molecule has 7 heteroatoms. The Balaban J connectivity index is 1.73. The highest BCUT2D eigenvalue weighted by Gasteiger charge is 2.22. The third kappa shape index (κ3) is 6.86. The first-order chi connectivity index (χ1) is 11.9. The normalized spacial score (nSPS) is 15.9.